The number of carbonyl (C=O) groups is 2. The van der Waals surface area contributed by atoms with E-state index >= 15 is 0 Å². The Morgan fingerprint density at radius 2 is 1.67 bits per heavy atom. The standard InChI is InChI=1S/C22H24N2O3/c1-15-9-11-16(12-10-15)19-18(20(25)17-7-5-4-6-8-17)21(26)22(27)24(19)14-13-23(2)3/h4-12,19,25H,13-14H2,1-3H3/p+1/t19-/m0/s1. The molecular weight excluding hydrogens is 340 g/mol. The Morgan fingerprint density at radius 3 is 2.26 bits per heavy atom. The van der Waals surface area contributed by atoms with Crippen molar-refractivity contribution in [3.63, 3.8) is 0 Å². The molecule has 1 fully saturated rings. The molecule has 2 aromatic carbocycles. The Kier molecular flexibility index (Phi) is 5.42. The van der Waals surface area contributed by atoms with E-state index in [1.54, 1.807) is 29.2 Å². The first-order valence-corrected chi connectivity index (χ1v) is 9.09. The number of amides is 1. The molecule has 1 heterocycles. The van der Waals surface area contributed by atoms with Crippen molar-refractivity contribution in [3.8, 4) is 0 Å². The molecular formula is C22H25N2O3+. The van der Waals surface area contributed by atoms with Gasteiger partial charge in [0.2, 0.25) is 0 Å². The van der Waals surface area contributed by atoms with Gasteiger partial charge in [-0.3, -0.25) is 9.59 Å². The zero-order valence-electron chi connectivity index (χ0n) is 15.9. The fraction of sp³-hybridized carbons (Fsp3) is 0.273. The third kappa shape index (κ3) is 3.78. The molecule has 0 spiro atoms. The van der Waals surface area contributed by atoms with E-state index in [4.69, 9.17) is 0 Å². The molecule has 0 saturated carbocycles. The van der Waals surface area contributed by atoms with Crippen LogP contribution in [0.1, 0.15) is 22.7 Å². The van der Waals surface area contributed by atoms with Crippen LogP contribution in [0.2, 0.25) is 0 Å². The average molecular weight is 365 g/mol. The molecule has 0 bridgehead atoms. The van der Waals surface area contributed by atoms with Crippen LogP contribution in [0, 0.1) is 6.92 Å². The summed E-state index contributed by atoms with van der Waals surface area (Å²) >= 11 is 0. The average Bonchev–Trinajstić information content (AvgIpc) is 2.91. The minimum atomic E-state index is -0.629. The number of ketones is 1. The fourth-order valence-electron chi connectivity index (χ4n) is 3.30. The van der Waals surface area contributed by atoms with Crippen LogP contribution < -0.4 is 4.90 Å². The third-order valence-electron chi connectivity index (χ3n) is 4.83. The van der Waals surface area contributed by atoms with Crippen LogP contribution >= 0.6 is 0 Å². The summed E-state index contributed by atoms with van der Waals surface area (Å²) < 4.78 is 0. The number of aryl methyl sites for hydroxylation is 1. The first kappa shape index (κ1) is 18.9. The molecule has 3 rings (SSSR count). The van der Waals surface area contributed by atoms with Gasteiger partial charge < -0.3 is 14.9 Å². The van der Waals surface area contributed by atoms with E-state index in [1.165, 1.54) is 4.90 Å². The van der Waals surface area contributed by atoms with Gasteiger partial charge >= 0.3 is 0 Å². The highest BCUT2D eigenvalue weighted by Gasteiger charge is 2.46. The van der Waals surface area contributed by atoms with E-state index < -0.39 is 17.7 Å². The molecule has 140 valence electrons. The SMILES string of the molecule is Cc1ccc([C@H]2C(=C(O)c3ccccc3)C(=O)C(=O)N2CC[NH+](C)C)cc1. The number of benzene rings is 2. The number of likely N-dealkylation sites (N-methyl/N-ethyl adjacent to an activating group) is 1. The summed E-state index contributed by atoms with van der Waals surface area (Å²) in [7, 11) is 4.00. The summed E-state index contributed by atoms with van der Waals surface area (Å²) in [6.45, 7) is 3.14. The zero-order valence-corrected chi connectivity index (χ0v) is 15.9. The van der Waals surface area contributed by atoms with Crippen LogP contribution in [-0.2, 0) is 9.59 Å². The lowest BCUT2D eigenvalue weighted by molar-refractivity contribution is -0.857. The molecule has 5 heteroatoms. The van der Waals surface area contributed by atoms with E-state index in [2.05, 4.69) is 0 Å². The molecule has 27 heavy (non-hydrogen) atoms. The van der Waals surface area contributed by atoms with E-state index in [1.807, 2.05) is 51.4 Å². The number of Topliss-reactive ketones (excluding diaryl/α,β-unsaturated/α-hetero) is 1. The lowest BCUT2D eigenvalue weighted by atomic mass is 9.95. The maximum atomic E-state index is 12.8. The molecule has 0 aliphatic carbocycles. The number of nitrogens with one attached hydrogen (secondary N) is 1. The van der Waals surface area contributed by atoms with Crippen LogP contribution in [0.5, 0.6) is 0 Å². The van der Waals surface area contributed by atoms with Crippen molar-refractivity contribution in [2.45, 2.75) is 13.0 Å². The van der Waals surface area contributed by atoms with Crippen LogP contribution in [0.3, 0.4) is 0 Å². The van der Waals surface area contributed by atoms with E-state index in [0.717, 1.165) is 11.1 Å². The lowest BCUT2D eigenvalue weighted by Gasteiger charge is -2.25. The fourth-order valence-corrected chi connectivity index (χ4v) is 3.30. The van der Waals surface area contributed by atoms with Crippen LogP contribution in [0.25, 0.3) is 5.76 Å². The molecule has 1 aliphatic heterocycles. The second-order valence-corrected chi connectivity index (χ2v) is 7.23. The summed E-state index contributed by atoms with van der Waals surface area (Å²) in [5.74, 6) is -1.31. The van der Waals surface area contributed by atoms with E-state index in [0.29, 0.717) is 18.7 Å². The van der Waals surface area contributed by atoms with Crippen molar-refractivity contribution in [2.75, 3.05) is 27.2 Å². The second kappa shape index (κ2) is 7.76. The quantitative estimate of drug-likeness (QED) is 0.480. The molecule has 1 aliphatic rings. The first-order valence-electron chi connectivity index (χ1n) is 9.09. The molecule has 5 nitrogen and oxygen atoms in total. The predicted molar refractivity (Wildman–Crippen MR) is 104 cm³/mol. The van der Waals surface area contributed by atoms with Gasteiger partial charge in [0.05, 0.1) is 38.8 Å². The Labute approximate surface area is 159 Å². The Balaban J connectivity index is 2.13. The van der Waals surface area contributed by atoms with Gasteiger partial charge in [-0.15, -0.1) is 0 Å². The summed E-state index contributed by atoms with van der Waals surface area (Å²) in [5.41, 5.74) is 2.61. The second-order valence-electron chi connectivity index (χ2n) is 7.23. The highest BCUT2D eigenvalue weighted by molar-refractivity contribution is 6.46. The zero-order chi connectivity index (χ0) is 19.6. The first-order chi connectivity index (χ1) is 12.9. The van der Waals surface area contributed by atoms with Gasteiger partial charge in [-0.2, -0.15) is 0 Å². The largest absolute Gasteiger partial charge is 0.507 e. The van der Waals surface area contributed by atoms with Gasteiger partial charge in [0.1, 0.15) is 5.76 Å². The van der Waals surface area contributed by atoms with Gasteiger partial charge in [-0.1, -0.05) is 60.2 Å². The number of aliphatic hydroxyl groups is 1. The summed E-state index contributed by atoms with van der Waals surface area (Å²) in [4.78, 5) is 28.3. The van der Waals surface area contributed by atoms with E-state index in [9.17, 15) is 14.7 Å². The molecule has 1 saturated heterocycles. The number of hydrogen-bond donors (Lipinski definition) is 2. The van der Waals surface area contributed by atoms with E-state index in [-0.39, 0.29) is 11.3 Å². The molecule has 1 amide bonds. The van der Waals surface area contributed by atoms with Crippen molar-refractivity contribution < 1.29 is 19.6 Å². The molecule has 2 aromatic rings. The van der Waals surface area contributed by atoms with Crippen molar-refractivity contribution in [3.05, 3.63) is 76.9 Å². The lowest BCUT2D eigenvalue weighted by Crippen LogP contribution is -3.06. The van der Waals surface area contributed by atoms with Gasteiger partial charge in [-0.05, 0) is 12.5 Å². The van der Waals surface area contributed by atoms with Crippen LogP contribution in [-0.4, -0.2) is 48.9 Å². The normalized spacial score (nSPS) is 19.1. The Hall–Kier alpha value is -2.92. The number of carbonyl (C=O) groups excluding carboxylic acids is 2. The highest BCUT2D eigenvalue weighted by atomic mass is 16.3. The van der Waals surface area contributed by atoms with Gasteiger partial charge in [-0.25, -0.2) is 0 Å². The minimum absolute atomic E-state index is 0.126. The number of rotatable bonds is 5. The van der Waals surface area contributed by atoms with Crippen LogP contribution in [0.15, 0.2) is 60.2 Å². The van der Waals surface area contributed by atoms with Crippen molar-refractivity contribution in [2.24, 2.45) is 0 Å². The summed E-state index contributed by atoms with van der Waals surface area (Å²) in [6.07, 6.45) is 0. The molecule has 0 aromatic heterocycles. The monoisotopic (exact) mass is 365 g/mol. The summed E-state index contributed by atoms with van der Waals surface area (Å²) in [6, 6.07) is 16.1. The van der Waals surface area contributed by atoms with Gasteiger partial charge in [0.25, 0.3) is 11.7 Å². The number of quaternary nitrogens is 1. The molecule has 2 N–H and O–H groups in total. The number of aliphatic hydroxyl groups excluding tert-OH is 1. The third-order valence-corrected chi connectivity index (χ3v) is 4.83. The molecule has 0 radical (unpaired) electrons. The predicted octanol–water partition coefficient (Wildman–Crippen LogP) is 1.56. The van der Waals surface area contributed by atoms with Gasteiger partial charge in [0.15, 0.2) is 0 Å². The highest BCUT2D eigenvalue weighted by Crippen LogP contribution is 2.39. The number of likely N-dealkylation sites (tertiary alicyclic amines) is 1. The smallest absolute Gasteiger partial charge is 0.295 e. The maximum Gasteiger partial charge on any atom is 0.295 e. The Morgan fingerprint density at radius 1 is 1.04 bits per heavy atom. The van der Waals surface area contributed by atoms with Crippen molar-refractivity contribution >= 4 is 17.4 Å². The van der Waals surface area contributed by atoms with Crippen molar-refractivity contribution in [1.29, 1.82) is 0 Å². The molecule has 0 unspecified atom stereocenters. The maximum absolute atomic E-state index is 12.8. The Bertz CT molecular complexity index is 870. The van der Waals surface area contributed by atoms with Crippen molar-refractivity contribution in [1.82, 2.24) is 4.90 Å². The summed E-state index contributed by atoms with van der Waals surface area (Å²) in [5, 5.41) is 10.9. The molecule has 1 atom stereocenters. The number of hydrogen-bond acceptors (Lipinski definition) is 3. The van der Waals surface area contributed by atoms with Crippen LogP contribution in [0.4, 0.5) is 0 Å². The van der Waals surface area contributed by atoms with Gasteiger partial charge in [0, 0.05) is 5.56 Å². The minimum Gasteiger partial charge on any atom is -0.507 e. The number of nitrogens with zero attached hydrogens (tertiary/aromatic N) is 1. The topological polar surface area (TPSA) is 62.0 Å².